The van der Waals surface area contributed by atoms with Crippen molar-refractivity contribution in [1.29, 1.82) is 0 Å². The summed E-state index contributed by atoms with van der Waals surface area (Å²) >= 11 is 5.82. The van der Waals surface area contributed by atoms with Gasteiger partial charge in [-0.05, 0) is 43.8 Å². The van der Waals surface area contributed by atoms with Gasteiger partial charge in [-0.1, -0.05) is 0 Å². The van der Waals surface area contributed by atoms with Crippen molar-refractivity contribution in [2.24, 2.45) is 0 Å². The molecule has 1 N–H and O–H groups in total. The lowest BCUT2D eigenvalue weighted by Crippen LogP contribution is -2.14. The van der Waals surface area contributed by atoms with Gasteiger partial charge in [0.2, 0.25) is 5.28 Å². The second-order valence-electron chi connectivity index (χ2n) is 3.55. The summed E-state index contributed by atoms with van der Waals surface area (Å²) in [7, 11) is 1.81. The minimum atomic E-state index is -0.303. The number of hydrogen-bond donors (Lipinski definition) is 1. The highest BCUT2D eigenvalue weighted by molar-refractivity contribution is 6.28. The molecule has 1 aromatic heterocycles. The zero-order valence-electron chi connectivity index (χ0n) is 8.96. The Bertz CT molecular complexity index is 530. The van der Waals surface area contributed by atoms with E-state index in [0.29, 0.717) is 16.6 Å². The largest absolute Gasteiger partial charge is 0.312 e. The van der Waals surface area contributed by atoms with Gasteiger partial charge in [-0.3, -0.25) is 0 Å². The highest BCUT2D eigenvalue weighted by Gasteiger charge is 2.12. The van der Waals surface area contributed by atoms with E-state index < -0.39 is 0 Å². The van der Waals surface area contributed by atoms with Gasteiger partial charge in [0, 0.05) is 11.4 Å². The fourth-order valence-electron chi connectivity index (χ4n) is 1.56. The third kappa shape index (κ3) is 1.99. The van der Waals surface area contributed by atoms with E-state index in [1.54, 1.807) is 6.07 Å². The maximum atomic E-state index is 13.2. The van der Waals surface area contributed by atoms with Crippen molar-refractivity contribution >= 4 is 22.5 Å². The lowest BCUT2D eigenvalue weighted by molar-refractivity contribution is 0.624. The summed E-state index contributed by atoms with van der Waals surface area (Å²) in [5.74, 6) is -0.303. The van der Waals surface area contributed by atoms with Crippen LogP contribution in [0.25, 0.3) is 10.9 Å². The predicted molar refractivity (Wildman–Crippen MR) is 62.0 cm³/mol. The van der Waals surface area contributed by atoms with Crippen LogP contribution >= 0.6 is 11.6 Å². The number of aromatic nitrogens is 2. The molecule has 0 radical (unpaired) electrons. The fourth-order valence-corrected chi connectivity index (χ4v) is 1.74. The summed E-state index contributed by atoms with van der Waals surface area (Å²) in [5.41, 5.74) is 1.36. The average molecular weight is 240 g/mol. The van der Waals surface area contributed by atoms with Crippen molar-refractivity contribution in [3.05, 3.63) is 35.0 Å². The SMILES string of the molecule is CNC(C)c1nc(Cl)nc2ccc(F)cc12. The van der Waals surface area contributed by atoms with Gasteiger partial charge in [0.25, 0.3) is 0 Å². The number of nitrogens with zero attached hydrogens (tertiary/aromatic N) is 2. The molecule has 1 heterocycles. The van der Waals surface area contributed by atoms with E-state index in [9.17, 15) is 4.39 Å². The standard InChI is InChI=1S/C11H11ClFN3/c1-6(14-2)10-8-5-7(13)3-4-9(8)15-11(12)16-10/h3-6,14H,1-2H3. The van der Waals surface area contributed by atoms with E-state index in [1.165, 1.54) is 12.1 Å². The van der Waals surface area contributed by atoms with Crippen molar-refractivity contribution in [2.75, 3.05) is 7.05 Å². The second-order valence-corrected chi connectivity index (χ2v) is 3.89. The van der Waals surface area contributed by atoms with Crippen LogP contribution in [-0.2, 0) is 0 Å². The molecule has 0 aliphatic heterocycles. The van der Waals surface area contributed by atoms with Gasteiger partial charge >= 0.3 is 0 Å². The number of benzene rings is 1. The molecule has 0 spiro atoms. The van der Waals surface area contributed by atoms with Crippen molar-refractivity contribution in [2.45, 2.75) is 13.0 Å². The molecule has 0 saturated carbocycles. The van der Waals surface area contributed by atoms with Crippen LogP contribution in [0.2, 0.25) is 5.28 Å². The van der Waals surface area contributed by atoms with Crippen LogP contribution in [0.3, 0.4) is 0 Å². The van der Waals surface area contributed by atoms with E-state index in [1.807, 2.05) is 14.0 Å². The second kappa shape index (κ2) is 4.31. The van der Waals surface area contributed by atoms with Crippen molar-refractivity contribution in [3.63, 3.8) is 0 Å². The zero-order chi connectivity index (χ0) is 11.7. The smallest absolute Gasteiger partial charge is 0.223 e. The first-order chi connectivity index (χ1) is 7.61. The van der Waals surface area contributed by atoms with Gasteiger partial charge in [0.15, 0.2) is 0 Å². The Morgan fingerprint density at radius 2 is 2.12 bits per heavy atom. The van der Waals surface area contributed by atoms with Crippen LogP contribution in [0.5, 0.6) is 0 Å². The van der Waals surface area contributed by atoms with Crippen LogP contribution < -0.4 is 5.32 Å². The third-order valence-corrected chi connectivity index (χ3v) is 2.67. The Kier molecular flexibility index (Phi) is 3.03. The number of nitrogens with one attached hydrogen (secondary N) is 1. The Balaban J connectivity index is 2.74. The van der Waals surface area contributed by atoms with Crippen LogP contribution in [-0.4, -0.2) is 17.0 Å². The van der Waals surface area contributed by atoms with Gasteiger partial charge in [0.05, 0.1) is 11.2 Å². The zero-order valence-corrected chi connectivity index (χ0v) is 9.72. The summed E-state index contributed by atoms with van der Waals surface area (Å²) in [5, 5.41) is 3.91. The highest BCUT2D eigenvalue weighted by Crippen LogP contribution is 2.23. The Labute approximate surface area is 97.7 Å². The normalized spacial score (nSPS) is 13.0. The van der Waals surface area contributed by atoms with E-state index in [-0.39, 0.29) is 17.1 Å². The number of fused-ring (bicyclic) bond motifs is 1. The van der Waals surface area contributed by atoms with E-state index in [0.717, 1.165) is 0 Å². The molecular weight excluding hydrogens is 229 g/mol. The van der Waals surface area contributed by atoms with Crippen LogP contribution in [0, 0.1) is 5.82 Å². The van der Waals surface area contributed by atoms with Crippen LogP contribution in [0.1, 0.15) is 18.7 Å². The first kappa shape index (κ1) is 11.2. The van der Waals surface area contributed by atoms with Gasteiger partial charge < -0.3 is 5.32 Å². The minimum absolute atomic E-state index is 0.00944. The molecule has 0 saturated heterocycles. The number of halogens is 2. The van der Waals surface area contributed by atoms with Gasteiger partial charge in [0.1, 0.15) is 5.82 Å². The fraction of sp³-hybridized carbons (Fsp3) is 0.273. The molecule has 2 rings (SSSR count). The van der Waals surface area contributed by atoms with Crippen molar-refractivity contribution in [3.8, 4) is 0 Å². The van der Waals surface area contributed by atoms with Gasteiger partial charge in [-0.25, -0.2) is 14.4 Å². The molecule has 0 aliphatic rings. The average Bonchev–Trinajstić information content (AvgIpc) is 2.27. The Morgan fingerprint density at radius 1 is 1.38 bits per heavy atom. The first-order valence-electron chi connectivity index (χ1n) is 4.92. The monoisotopic (exact) mass is 239 g/mol. The molecule has 5 heteroatoms. The molecule has 16 heavy (non-hydrogen) atoms. The Morgan fingerprint density at radius 3 is 2.81 bits per heavy atom. The number of hydrogen-bond acceptors (Lipinski definition) is 3. The molecule has 0 amide bonds. The summed E-state index contributed by atoms with van der Waals surface area (Å²) < 4.78 is 13.2. The molecule has 84 valence electrons. The van der Waals surface area contributed by atoms with E-state index in [4.69, 9.17) is 11.6 Å². The Hall–Kier alpha value is -1.26. The number of rotatable bonds is 2. The third-order valence-electron chi connectivity index (χ3n) is 2.50. The van der Waals surface area contributed by atoms with Gasteiger partial charge in [-0.2, -0.15) is 0 Å². The quantitative estimate of drug-likeness (QED) is 0.819. The molecule has 1 unspecified atom stereocenters. The molecule has 0 fully saturated rings. The summed E-state index contributed by atoms with van der Waals surface area (Å²) in [4.78, 5) is 8.19. The lowest BCUT2D eigenvalue weighted by Gasteiger charge is -2.12. The van der Waals surface area contributed by atoms with Crippen LogP contribution in [0.4, 0.5) is 4.39 Å². The highest BCUT2D eigenvalue weighted by atomic mass is 35.5. The van der Waals surface area contributed by atoms with Gasteiger partial charge in [-0.15, -0.1) is 0 Å². The molecule has 2 aromatic rings. The summed E-state index contributed by atoms with van der Waals surface area (Å²) in [6, 6.07) is 4.38. The topological polar surface area (TPSA) is 37.8 Å². The molecule has 0 aliphatic carbocycles. The van der Waals surface area contributed by atoms with E-state index >= 15 is 0 Å². The summed E-state index contributed by atoms with van der Waals surface area (Å²) in [6.45, 7) is 1.93. The lowest BCUT2D eigenvalue weighted by atomic mass is 10.1. The van der Waals surface area contributed by atoms with E-state index in [2.05, 4.69) is 15.3 Å². The molecule has 1 aromatic carbocycles. The molecule has 0 bridgehead atoms. The maximum Gasteiger partial charge on any atom is 0.223 e. The van der Waals surface area contributed by atoms with Crippen molar-refractivity contribution < 1.29 is 4.39 Å². The predicted octanol–water partition coefficient (Wildman–Crippen LogP) is 2.70. The molecular formula is C11H11ClFN3. The summed E-state index contributed by atoms with van der Waals surface area (Å²) in [6.07, 6.45) is 0. The maximum absolute atomic E-state index is 13.2. The minimum Gasteiger partial charge on any atom is -0.312 e. The molecule has 1 atom stereocenters. The van der Waals surface area contributed by atoms with Crippen LogP contribution in [0.15, 0.2) is 18.2 Å². The molecule has 3 nitrogen and oxygen atoms in total. The van der Waals surface area contributed by atoms with Crippen molar-refractivity contribution in [1.82, 2.24) is 15.3 Å². The first-order valence-corrected chi connectivity index (χ1v) is 5.29.